The van der Waals surface area contributed by atoms with E-state index in [0.29, 0.717) is 43.4 Å². The zero-order valence-electron chi connectivity index (χ0n) is 10.6. The molecule has 19 heavy (non-hydrogen) atoms. The summed E-state index contributed by atoms with van der Waals surface area (Å²) in [6.45, 7) is 1.46. The van der Waals surface area contributed by atoms with Crippen molar-refractivity contribution in [3.8, 4) is 5.75 Å². The number of nitrogens with zero attached hydrogens (tertiary/aromatic N) is 1. The van der Waals surface area contributed by atoms with Crippen molar-refractivity contribution in [2.45, 2.75) is 0 Å². The van der Waals surface area contributed by atoms with E-state index in [0.717, 1.165) is 0 Å². The van der Waals surface area contributed by atoms with E-state index in [2.05, 4.69) is 4.72 Å². The van der Waals surface area contributed by atoms with Gasteiger partial charge in [-0.2, -0.15) is 12.7 Å². The van der Waals surface area contributed by atoms with Gasteiger partial charge in [0.1, 0.15) is 5.75 Å². The average molecular weight is 287 g/mol. The summed E-state index contributed by atoms with van der Waals surface area (Å²) in [6.07, 6.45) is 0. The van der Waals surface area contributed by atoms with Crippen LogP contribution >= 0.6 is 0 Å². The van der Waals surface area contributed by atoms with Gasteiger partial charge in [-0.15, -0.1) is 0 Å². The van der Waals surface area contributed by atoms with Crippen LogP contribution in [0.4, 0.5) is 11.4 Å². The average Bonchev–Trinajstić information content (AvgIpc) is 2.42. The van der Waals surface area contributed by atoms with Gasteiger partial charge >= 0.3 is 10.2 Å². The van der Waals surface area contributed by atoms with Crippen LogP contribution in [0.1, 0.15) is 0 Å². The summed E-state index contributed by atoms with van der Waals surface area (Å²) in [6, 6.07) is 4.81. The third kappa shape index (κ3) is 3.28. The number of rotatable bonds is 4. The molecule has 3 N–H and O–H groups in total. The Labute approximate surface area is 112 Å². The normalized spacial score (nSPS) is 17.1. The van der Waals surface area contributed by atoms with Gasteiger partial charge in [0.05, 0.1) is 31.7 Å². The van der Waals surface area contributed by atoms with Gasteiger partial charge in [-0.25, -0.2) is 0 Å². The van der Waals surface area contributed by atoms with Crippen LogP contribution in [0.5, 0.6) is 5.75 Å². The van der Waals surface area contributed by atoms with Crippen LogP contribution in [0, 0.1) is 0 Å². The fourth-order valence-corrected chi connectivity index (χ4v) is 2.95. The molecule has 2 rings (SSSR count). The van der Waals surface area contributed by atoms with Crippen molar-refractivity contribution in [1.82, 2.24) is 4.31 Å². The van der Waals surface area contributed by atoms with Gasteiger partial charge in [-0.05, 0) is 12.1 Å². The minimum atomic E-state index is -3.62. The van der Waals surface area contributed by atoms with Gasteiger partial charge in [0.15, 0.2) is 0 Å². The smallest absolute Gasteiger partial charge is 0.301 e. The second-order valence-corrected chi connectivity index (χ2v) is 5.74. The highest BCUT2D eigenvalue weighted by Crippen LogP contribution is 2.26. The highest BCUT2D eigenvalue weighted by molar-refractivity contribution is 7.90. The van der Waals surface area contributed by atoms with Crippen molar-refractivity contribution in [3.05, 3.63) is 18.2 Å². The van der Waals surface area contributed by atoms with Crippen molar-refractivity contribution in [2.24, 2.45) is 0 Å². The molecule has 0 aromatic heterocycles. The van der Waals surface area contributed by atoms with E-state index >= 15 is 0 Å². The SMILES string of the molecule is COc1ccc(N)c(NS(=O)(=O)N2CCOCC2)c1. The van der Waals surface area contributed by atoms with Crippen molar-refractivity contribution in [1.29, 1.82) is 0 Å². The maximum Gasteiger partial charge on any atom is 0.301 e. The minimum absolute atomic E-state index is 0.311. The lowest BCUT2D eigenvalue weighted by Crippen LogP contribution is -2.43. The number of nitrogens with two attached hydrogens (primary N) is 1. The first-order valence-corrected chi connectivity index (χ1v) is 7.26. The molecule has 0 spiro atoms. The van der Waals surface area contributed by atoms with Crippen molar-refractivity contribution in [2.75, 3.05) is 43.9 Å². The van der Waals surface area contributed by atoms with Crippen LogP contribution in [-0.4, -0.2) is 46.1 Å². The van der Waals surface area contributed by atoms with Crippen LogP contribution in [0.3, 0.4) is 0 Å². The maximum absolute atomic E-state index is 12.2. The lowest BCUT2D eigenvalue weighted by molar-refractivity contribution is 0.0733. The van der Waals surface area contributed by atoms with Gasteiger partial charge in [0.2, 0.25) is 0 Å². The summed E-state index contributed by atoms with van der Waals surface area (Å²) in [5, 5.41) is 0. The largest absolute Gasteiger partial charge is 0.497 e. The van der Waals surface area contributed by atoms with E-state index < -0.39 is 10.2 Å². The Kier molecular flexibility index (Phi) is 4.13. The zero-order chi connectivity index (χ0) is 13.9. The molecule has 0 radical (unpaired) electrons. The topological polar surface area (TPSA) is 93.9 Å². The molecule has 1 aromatic carbocycles. The van der Waals surface area contributed by atoms with Crippen LogP contribution in [0.15, 0.2) is 18.2 Å². The first-order chi connectivity index (χ1) is 9.03. The number of morpholine rings is 1. The number of nitrogen functional groups attached to an aromatic ring is 1. The number of benzene rings is 1. The number of hydrogen-bond acceptors (Lipinski definition) is 5. The minimum Gasteiger partial charge on any atom is -0.497 e. The molecule has 8 heteroatoms. The summed E-state index contributed by atoms with van der Waals surface area (Å²) >= 11 is 0. The van der Waals surface area contributed by atoms with Crippen LogP contribution in [-0.2, 0) is 14.9 Å². The van der Waals surface area contributed by atoms with Crippen molar-refractivity contribution >= 4 is 21.6 Å². The molecule has 1 aliphatic heterocycles. The fraction of sp³-hybridized carbons (Fsp3) is 0.455. The third-order valence-corrected chi connectivity index (χ3v) is 4.33. The molecule has 1 saturated heterocycles. The molecule has 1 fully saturated rings. The van der Waals surface area contributed by atoms with Crippen LogP contribution in [0.25, 0.3) is 0 Å². The van der Waals surface area contributed by atoms with Gasteiger partial charge in [0, 0.05) is 19.2 Å². The number of hydrogen-bond donors (Lipinski definition) is 2. The van der Waals surface area contributed by atoms with E-state index in [9.17, 15) is 8.42 Å². The predicted molar refractivity (Wildman–Crippen MR) is 72.3 cm³/mol. The number of anilines is 2. The molecular formula is C11H17N3O4S. The van der Waals surface area contributed by atoms with E-state index in [1.807, 2.05) is 0 Å². The Balaban J connectivity index is 2.19. The molecule has 106 valence electrons. The highest BCUT2D eigenvalue weighted by Gasteiger charge is 2.24. The summed E-state index contributed by atoms with van der Waals surface area (Å²) in [7, 11) is -2.11. The zero-order valence-corrected chi connectivity index (χ0v) is 11.4. The van der Waals surface area contributed by atoms with Gasteiger partial charge in [-0.3, -0.25) is 4.72 Å². The first kappa shape index (κ1) is 13.9. The summed E-state index contributed by atoms with van der Waals surface area (Å²) in [4.78, 5) is 0. The van der Waals surface area contributed by atoms with Gasteiger partial charge in [-0.1, -0.05) is 0 Å². The Morgan fingerprint density at radius 3 is 2.68 bits per heavy atom. The summed E-state index contributed by atoms with van der Waals surface area (Å²) in [5.74, 6) is 0.536. The molecule has 0 bridgehead atoms. The lowest BCUT2D eigenvalue weighted by Gasteiger charge is -2.26. The fourth-order valence-electron chi connectivity index (χ4n) is 1.74. The lowest BCUT2D eigenvalue weighted by atomic mass is 10.2. The standard InChI is InChI=1S/C11H17N3O4S/c1-17-9-2-3-10(12)11(8-9)13-19(15,16)14-4-6-18-7-5-14/h2-3,8,13H,4-7,12H2,1H3. The molecule has 1 aromatic rings. The Morgan fingerprint density at radius 1 is 1.37 bits per heavy atom. The molecule has 0 saturated carbocycles. The quantitative estimate of drug-likeness (QED) is 0.775. The van der Waals surface area contributed by atoms with E-state index in [4.69, 9.17) is 15.2 Å². The van der Waals surface area contributed by atoms with Crippen molar-refractivity contribution < 1.29 is 17.9 Å². The van der Waals surface area contributed by atoms with E-state index in [1.54, 1.807) is 18.2 Å². The molecule has 1 heterocycles. The predicted octanol–water partition coefficient (Wildman–Crippen LogP) is 0.266. The van der Waals surface area contributed by atoms with Crippen LogP contribution < -0.4 is 15.2 Å². The van der Waals surface area contributed by atoms with E-state index in [-0.39, 0.29) is 0 Å². The molecule has 1 aliphatic rings. The van der Waals surface area contributed by atoms with Gasteiger partial charge in [0.25, 0.3) is 0 Å². The van der Waals surface area contributed by atoms with Crippen molar-refractivity contribution in [3.63, 3.8) is 0 Å². The Bertz CT molecular complexity index is 541. The number of ether oxygens (including phenoxy) is 2. The molecule has 0 atom stereocenters. The highest BCUT2D eigenvalue weighted by atomic mass is 32.2. The Hall–Kier alpha value is -1.51. The molecular weight excluding hydrogens is 270 g/mol. The third-order valence-electron chi connectivity index (χ3n) is 2.81. The monoisotopic (exact) mass is 287 g/mol. The maximum atomic E-state index is 12.2. The summed E-state index contributed by atoms with van der Waals surface area (Å²) in [5.41, 5.74) is 6.41. The Morgan fingerprint density at radius 2 is 2.05 bits per heavy atom. The van der Waals surface area contributed by atoms with Gasteiger partial charge < -0.3 is 15.2 Å². The first-order valence-electron chi connectivity index (χ1n) is 5.82. The molecule has 0 aliphatic carbocycles. The second-order valence-electron chi connectivity index (χ2n) is 4.07. The molecule has 0 amide bonds. The molecule has 7 nitrogen and oxygen atoms in total. The summed E-state index contributed by atoms with van der Waals surface area (Å²) < 4.78 is 38.3. The number of nitrogens with one attached hydrogen (secondary N) is 1. The van der Waals surface area contributed by atoms with Crippen LogP contribution in [0.2, 0.25) is 0 Å². The molecule has 0 unspecified atom stereocenters. The number of methoxy groups -OCH3 is 1. The van der Waals surface area contributed by atoms with E-state index in [1.165, 1.54) is 11.4 Å². The second kappa shape index (κ2) is 5.64.